The van der Waals surface area contributed by atoms with E-state index in [2.05, 4.69) is 41.4 Å². The largest absolute Gasteiger partial charge is 0.333 e. The van der Waals surface area contributed by atoms with Gasteiger partial charge in [-0.25, -0.2) is 0 Å². The number of benzene rings is 3. The van der Waals surface area contributed by atoms with Crippen LogP contribution < -0.4 is 0 Å². The number of aromatic nitrogens is 1. The average Bonchev–Trinajstić information content (AvgIpc) is 3.20. The van der Waals surface area contributed by atoms with Crippen molar-refractivity contribution in [2.45, 2.75) is 19.6 Å². The van der Waals surface area contributed by atoms with Crippen LogP contribution in [0.3, 0.4) is 0 Å². The van der Waals surface area contributed by atoms with Gasteiger partial charge in [-0.2, -0.15) is 0 Å². The quantitative estimate of drug-likeness (QED) is 0.404. The Morgan fingerprint density at radius 2 is 1.38 bits per heavy atom. The van der Waals surface area contributed by atoms with E-state index < -0.39 is 0 Å². The number of rotatable bonds is 7. The topological polar surface area (TPSA) is 53.5 Å². The standard InChI is InChI=1S/C29H25N3O2/c33-28(21-32-20-26-8-4-5-9-27(26)29(32)34)31(19-23-14-16-30-17-15-23)18-22-10-12-25(13-11-22)24-6-2-1-3-7-24/h1-17H,18-21H2. The van der Waals surface area contributed by atoms with Gasteiger partial charge in [0.2, 0.25) is 5.91 Å². The van der Waals surface area contributed by atoms with Crippen molar-refractivity contribution in [3.05, 3.63) is 126 Å². The Hall–Kier alpha value is -4.25. The number of amides is 2. The summed E-state index contributed by atoms with van der Waals surface area (Å²) in [4.78, 5) is 33.7. The van der Waals surface area contributed by atoms with Gasteiger partial charge in [0.25, 0.3) is 5.91 Å². The maximum atomic E-state index is 13.4. The van der Waals surface area contributed by atoms with Crippen molar-refractivity contribution >= 4 is 11.8 Å². The molecule has 1 aromatic heterocycles. The second-order valence-electron chi connectivity index (χ2n) is 8.49. The summed E-state index contributed by atoms with van der Waals surface area (Å²) in [6.07, 6.45) is 3.46. The van der Waals surface area contributed by atoms with Gasteiger partial charge in [0.15, 0.2) is 0 Å². The number of hydrogen-bond acceptors (Lipinski definition) is 3. The van der Waals surface area contributed by atoms with E-state index in [9.17, 15) is 9.59 Å². The Morgan fingerprint density at radius 3 is 2.09 bits per heavy atom. The van der Waals surface area contributed by atoms with Crippen LogP contribution in [0.25, 0.3) is 11.1 Å². The summed E-state index contributed by atoms with van der Waals surface area (Å²) in [7, 11) is 0. The second kappa shape index (κ2) is 9.71. The maximum Gasteiger partial charge on any atom is 0.254 e. The zero-order valence-electron chi connectivity index (χ0n) is 18.8. The molecule has 0 saturated heterocycles. The van der Waals surface area contributed by atoms with Crippen molar-refractivity contribution in [3.8, 4) is 11.1 Å². The van der Waals surface area contributed by atoms with E-state index in [4.69, 9.17) is 0 Å². The fourth-order valence-electron chi connectivity index (χ4n) is 4.30. The summed E-state index contributed by atoms with van der Waals surface area (Å²) in [5.74, 6) is -0.162. The molecule has 1 aliphatic rings. The Bertz CT molecular complexity index is 1290. The highest BCUT2D eigenvalue weighted by atomic mass is 16.2. The lowest BCUT2D eigenvalue weighted by Crippen LogP contribution is -2.40. The summed E-state index contributed by atoms with van der Waals surface area (Å²) in [5.41, 5.74) is 5.99. The molecule has 0 N–H and O–H groups in total. The molecule has 0 saturated carbocycles. The van der Waals surface area contributed by atoms with Crippen LogP contribution in [0.1, 0.15) is 27.0 Å². The fourth-order valence-corrected chi connectivity index (χ4v) is 4.30. The molecule has 2 amide bonds. The summed E-state index contributed by atoms with van der Waals surface area (Å²) in [6, 6.07) is 29.9. The van der Waals surface area contributed by atoms with Crippen LogP contribution in [0.5, 0.6) is 0 Å². The third kappa shape index (κ3) is 4.74. The number of carbonyl (C=O) groups is 2. The predicted molar refractivity (Wildman–Crippen MR) is 132 cm³/mol. The highest BCUT2D eigenvalue weighted by Crippen LogP contribution is 2.23. The van der Waals surface area contributed by atoms with Gasteiger partial charge in [0.1, 0.15) is 6.54 Å². The molecule has 0 spiro atoms. The van der Waals surface area contributed by atoms with Gasteiger partial charge in [-0.05, 0) is 46.0 Å². The molecule has 4 aromatic rings. The number of carbonyl (C=O) groups excluding carboxylic acids is 2. The summed E-state index contributed by atoms with van der Waals surface area (Å²) < 4.78 is 0. The first-order valence-corrected chi connectivity index (χ1v) is 11.4. The SMILES string of the molecule is O=C(CN1Cc2ccccc2C1=O)N(Cc1ccncc1)Cc1ccc(-c2ccccc2)cc1. The van der Waals surface area contributed by atoms with Gasteiger partial charge in [-0.3, -0.25) is 14.6 Å². The Kier molecular flexibility index (Phi) is 6.17. The van der Waals surface area contributed by atoms with Crippen LogP contribution in [0.2, 0.25) is 0 Å². The molecule has 5 heteroatoms. The zero-order valence-corrected chi connectivity index (χ0v) is 18.8. The number of fused-ring (bicyclic) bond motifs is 1. The predicted octanol–water partition coefficient (Wildman–Crippen LogP) is 4.93. The molecule has 2 heterocycles. The van der Waals surface area contributed by atoms with Crippen LogP contribution in [0, 0.1) is 0 Å². The van der Waals surface area contributed by atoms with Gasteiger partial charge in [0.05, 0.1) is 0 Å². The molecule has 0 unspecified atom stereocenters. The van der Waals surface area contributed by atoms with E-state index in [1.165, 1.54) is 0 Å². The van der Waals surface area contributed by atoms with Gasteiger partial charge >= 0.3 is 0 Å². The second-order valence-corrected chi connectivity index (χ2v) is 8.49. The van der Waals surface area contributed by atoms with Crippen molar-refractivity contribution in [2.24, 2.45) is 0 Å². The zero-order chi connectivity index (χ0) is 23.3. The highest BCUT2D eigenvalue weighted by Gasteiger charge is 2.29. The van der Waals surface area contributed by atoms with Crippen LogP contribution in [-0.4, -0.2) is 33.1 Å². The monoisotopic (exact) mass is 447 g/mol. The third-order valence-corrected chi connectivity index (χ3v) is 6.13. The molecule has 0 radical (unpaired) electrons. The lowest BCUT2D eigenvalue weighted by Gasteiger charge is -2.26. The summed E-state index contributed by atoms with van der Waals surface area (Å²) in [6.45, 7) is 1.44. The van der Waals surface area contributed by atoms with Crippen molar-refractivity contribution in [2.75, 3.05) is 6.54 Å². The van der Waals surface area contributed by atoms with Crippen LogP contribution in [0.4, 0.5) is 0 Å². The minimum Gasteiger partial charge on any atom is -0.333 e. The normalized spacial score (nSPS) is 12.5. The fraction of sp³-hybridized carbons (Fsp3) is 0.138. The molecule has 5 rings (SSSR count). The van der Waals surface area contributed by atoms with Crippen LogP contribution in [-0.2, 0) is 24.4 Å². The smallest absolute Gasteiger partial charge is 0.254 e. The molecular formula is C29H25N3O2. The van der Waals surface area contributed by atoms with E-state index in [-0.39, 0.29) is 18.4 Å². The minimum absolute atomic E-state index is 0.0562. The number of pyridine rings is 1. The average molecular weight is 448 g/mol. The molecule has 3 aromatic carbocycles. The van der Waals surface area contributed by atoms with Gasteiger partial charge in [0, 0.05) is 37.6 Å². The molecule has 0 bridgehead atoms. The summed E-state index contributed by atoms with van der Waals surface area (Å²) in [5, 5.41) is 0. The van der Waals surface area contributed by atoms with E-state index in [0.717, 1.165) is 27.8 Å². The lowest BCUT2D eigenvalue weighted by molar-refractivity contribution is -0.133. The third-order valence-electron chi connectivity index (χ3n) is 6.13. The summed E-state index contributed by atoms with van der Waals surface area (Å²) >= 11 is 0. The van der Waals surface area contributed by atoms with Crippen LogP contribution >= 0.6 is 0 Å². The van der Waals surface area contributed by atoms with Gasteiger partial charge < -0.3 is 9.80 Å². The molecule has 5 nitrogen and oxygen atoms in total. The van der Waals surface area contributed by atoms with E-state index in [0.29, 0.717) is 25.2 Å². The Labute approximate surface area is 199 Å². The minimum atomic E-state index is -0.0833. The van der Waals surface area contributed by atoms with E-state index in [1.54, 1.807) is 17.3 Å². The molecule has 34 heavy (non-hydrogen) atoms. The first-order chi connectivity index (χ1) is 16.7. The van der Waals surface area contributed by atoms with Crippen molar-refractivity contribution in [1.29, 1.82) is 0 Å². The lowest BCUT2D eigenvalue weighted by atomic mass is 10.0. The maximum absolute atomic E-state index is 13.4. The first kappa shape index (κ1) is 21.6. The molecule has 168 valence electrons. The number of hydrogen-bond donors (Lipinski definition) is 0. The Morgan fingerprint density at radius 1 is 0.765 bits per heavy atom. The van der Waals surface area contributed by atoms with Gasteiger partial charge in [-0.1, -0.05) is 72.8 Å². The number of nitrogens with zero attached hydrogens (tertiary/aromatic N) is 3. The molecule has 0 atom stereocenters. The molecular weight excluding hydrogens is 422 g/mol. The van der Waals surface area contributed by atoms with Crippen molar-refractivity contribution in [3.63, 3.8) is 0 Å². The highest BCUT2D eigenvalue weighted by molar-refractivity contribution is 6.00. The Balaban J connectivity index is 1.33. The van der Waals surface area contributed by atoms with E-state index in [1.807, 2.05) is 59.5 Å². The molecule has 0 aliphatic carbocycles. The van der Waals surface area contributed by atoms with Crippen molar-refractivity contribution in [1.82, 2.24) is 14.8 Å². The first-order valence-electron chi connectivity index (χ1n) is 11.4. The molecule has 1 aliphatic heterocycles. The van der Waals surface area contributed by atoms with Gasteiger partial charge in [-0.15, -0.1) is 0 Å². The molecule has 0 fully saturated rings. The van der Waals surface area contributed by atoms with Crippen LogP contribution in [0.15, 0.2) is 103 Å². The van der Waals surface area contributed by atoms with E-state index >= 15 is 0 Å². The van der Waals surface area contributed by atoms with Crippen molar-refractivity contribution < 1.29 is 9.59 Å².